The molecule has 0 atom stereocenters. The Morgan fingerprint density at radius 3 is 1.26 bits per heavy atom. The van der Waals surface area contributed by atoms with Gasteiger partial charge in [0.1, 0.15) is 27.5 Å². The molecule has 13 rings (SSSR count). The van der Waals surface area contributed by atoms with Crippen molar-refractivity contribution < 1.29 is 0 Å². The van der Waals surface area contributed by atoms with E-state index in [-0.39, 0.29) is 0 Å². The number of nitrogens with zero attached hydrogens (tertiary/aromatic N) is 12. The fraction of sp³-hybridized carbons (Fsp3) is 0.0746. The van der Waals surface area contributed by atoms with Crippen molar-refractivity contribution in [2.45, 2.75) is 33.1 Å². The van der Waals surface area contributed by atoms with Gasteiger partial charge in [-0.3, -0.25) is 19.9 Å². The molecule has 2 aliphatic heterocycles. The van der Waals surface area contributed by atoms with Crippen molar-refractivity contribution in [3.8, 4) is 68.2 Å². The van der Waals surface area contributed by atoms with E-state index in [0.29, 0.717) is 46.3 Å². The summed E-state index contributed by atoms with van der Waals surface area (Å²) >= 11 is 0. The molecule has 7 heterocycles. The first-order valence-electron chi connectivity index (χ1n) is 26.9. The van der Waals surface area contributed by atoms with Gasteiger partial charge in [-0.1, -0.05) is 117 Å². The average molecular weight is 1080 g/mol. The van der Waals surface area contributed by atoms with E-state index in [2.05, 4.69) is 191 Å². The second kappa shape index (κ2) is 20.6. The van der Waals surface area contributed by atoms with Gasteiger partial charge in [-0.2, -0.15) is 0 Å². The van der Waals surface area contributed by atoms with Crippen LogP contribution >= 0.6 is 0 Å². The van der Waals surface area contributed by atoms with E-state index in [1.54, 1.807) is 31.0 Å². The zero-order valence-electron chi connectivity index (χ0n) is 45.4. The van der Waals surface area contributed by atoms with Gasteiger partial charge in [-0.05, 0) is 149 Å². The normalized spacial score (nSPS) is 14.0. The molecule has 81 heavy (non-hydrogen) atoms. The second-order valence-electron chi connectivity index (χ2n) is 21.1. The highest BCUT2D eigenvalue weighted by Crippen LogP contribution is 2.45. The molecule has 11 aromatic rings. The highest BCUT2D eigenvalue weighted by Gasteiger charge is 2.40. The van der Waals surface area contributed by atoms with Crippen LogP contribution in [0.15, 0.2) is 230 Å². The minimum atomic E-state index is -2.18. The number of rotatable bonds is 11. The number of para-hydroxylation sites is 4. The summed E-state index contributed by atoms with van der Waals surface area (Å²) in [6.07, 6.45) is 14.5. The molecule has 0 aliphatic carbocycles. The van der Waals surface area contributed by atoms with Crippen LogP contribution in [-0.2, 0) is 0 Å². The van der Waals surface area contributed by atoms with Gasteiger partial charge < -0.3 is 9.80 Å². The summed E-state index contributed by atoms with van der Waals surface area (Å²) in [5, 5.41) is 5.37. The first-order chi connectivity index (χ1) is 39.6. The van der Waals surface area contributed by atoms with Crippen LogP contribution in [0.2, 0.25) is 26.2 Å². The Kier molecular flexibility index (Phi) is 12.9. The number of aromatic nitrogens is 9. The molecule has 0 saturated carbocycles. The predicted octanol–water partition coefficient (Wildman–Crippen LogP) is 13.1. The minimum Gasteiger partial charge on any atom is -0.311 e. The highest BCUT2D eigenvalue weighted by molar-refractivity contribution is 7.03. The van der Waals surface area contributed by atoms with Gasteiger partial charge in [0.05, 0.1) is 0 Å². The number of hydrogen-bond acceptors (Lipinski definition) is 12. The SMILES string of the molecule is C=N/C(=C\C=C/C)c1nc(-c2cccnc2)nc(-c2cc(-c3cc(-c4nc(-c5cccnc5)nc(-c5ccccn5)n4)cc(N4c5ccccc5[Si](C)(C)c5ccccc54)c3)cc(N3c4ccccc4[Si](C)(C)c4ccccc43)c2)n1. The molecule has 5 aromatic heterocycles. The molecular weight excluding hydrogens is 1030 g/mol. The molecule has 0 bridgehead atoms. The summed E-state index contributed by atoms with van der Waals surface area (Å²) in [5.74, 6) is 2.68. The summed E-state index contributed by atoms with van der Waals surface area (Å²) in [6, 6.07) is 62.2. The lowest BCUT2D eigenvalue weighted by atomic mass is 9.97. The maximum Gasteiger partial charge on any atom is 0.182 e. The second-order valence-corrected chi connectivity index (χ2v) is 29.7. The van der Waals surface area contributed by atoms with Crippen LogP contribution in [0.3, 0.4) is 0 Å². The Hall–Kier alpha value is -10.0. The van der Waals surface area contributed by atoms with Gasteiger partial charge in [0.15, 0.2) is 34.9 Å². The van der Waals surface area contributed by atoms with Crippen molar-refractivity contribution in [3.63, 3.8) is 0 Å². The number of hydrogen-bond donors (Lipinski definition) is 0. The number of fused-ring (bicyclic) bond motifs is 4. The monoisotopic (exact) mass is 1080 g/mol. The number of benzene rings is 6. The summed E-state index contributed by atoms with van der Waals surface area (Å²) < 4.78 is 0. The van der Waals surface area contributed by atoms with Gasteiger partial charge in [0.2, 0.25) is 0 Å². The Morgan fingerprint density at radius 1 is 0.432 bits per heavy atom. The third-order valence-corrected chi connectivity index (χ3v) is 22.4. The standard InChI is InChI=1S/C67H54N12Si2/c1-7-8-23-52(68-2)66-74-62(44-21-19-33-69-42-44)72-64(76-66)48-36-46(38-50(40-48)78-54-25-9-13-29-58(54)80(3,4)59-30-14-10-26-55(59)78)47-37-49(65-73-63(45-22-20-34-70-43-45)75-67(77-65)53-24-17-18-35-71-53)41-51(39-47)79-56-27-11-15-31-60(56)81(5,6)61-32-16-12-28-57(61)79/h7-43H,2H2,1,3-6H3/b8-7-,52-23-. The minimum absolute atomic E-state index is 0.376. The third-order valence-electron chi connectivity index (χ3n) is 15.3. The van der Waals surface area contributed by atoms with Gasteiger partial charge in [-0.15, -0.1) is 0 Å². The lowest BCUT2D eigenvalue weighted by molar-refractivity contribution is 1.03. The molecular formula is C67H54N12Si2. The number of anilines is 6. The lowest BCUT2D eigenvalue weighted by Crippen LogP contribution is -2.58. The van der Waals surface area contributed by atoms with Crippen LogP contribution in [0, 0.1) is 0 Å². The van der Waals surface area contributed by atoms with Crippen molar-refractivity contribution in [2.24, 2.45) is 4.99 Å². The van der Waals surface area contributed by atoms with E-state index < -0.39 is 16.1 Å². The van der Waals surface area contributed by atoms with Gasteiger partial charge in [0, 0.05) is 87.4 Å². The summed E-state index contributed by atoms with van der Waals surface area (Å²) in [5.41, 5.74) is 12.3. The fourth-order valence-electron chi connectivity index (χ4n) is 11.3. The van der Waals surface area contributed by atoms with Crippen LogP contribution in [-0.4, -0.2) is 67.7 Å². The summed E-state index contributed by atoms with van der Waals surface area (Å²) in [4.78, 5) is 54.0. The van der Waals surface area contributed by atoms with Crippen molar-refractivity contribution in [3.05, 3.63) is 231 Å². The first-order valence-corrected chi connectivity index (χ1v) is 32.9. The quantitative estimate of drug-likeness (QED) is 0.0696. The molecule has 0 amide bonds. The van der Waals surface area contributed by atoms with Crippen LogP contribution in [0.25, 0.3) is 73.9 Å². The molecule has 14 heteroatoms. The first kappa shape index (κ1) is 50.5. The maximum atomic E-state index is 5.28. The van der Waals surface area contributed by atoms with Crippen molar-refractivity contribution in [1.29, 1.82) is 0 Å². The molecule has 0 N–H and O–H groups in total. The predicted molar refractivity (Wildman–Crippen MR) is 334 cm³/mol. The van der Waals surface area contributed by atoms with Gasteiger partial charge in [-0.25, -0.2) is 29.9 Å². The highest BCUT2D eigenvalue weighted by atomic mass is 28.3. The van der Waals surface area contributed by atoms with E-state index in [1.807, 2.05) is 67.6 Å². The Bertz CT molecular complexity index is 4140. The Balaban J connectivity index is 1.12. The third kappa shape index (κ3) is 9.15. The van der Waals surface area contributed by atoms with E-state index in [9.17, 15) is 0 Å². The van der Waals surface area contributed by atoms with Crippen LogP contribution in [0.1, 0.15) is 12.7 Å². The summed E-state index contributed by atoms with van der Waals surface area (Å²) in [7, 11) is -4.35. The summed E-state index contributed by atoms with van der Waals surface area (Å²) in [6.45, 7) is 15.7. The average Bonchev–Trinajstić information content (AvgIpc) is 3.69. The van der Waals surface area contributed by atoms with Crippen LogP contribution < -0.4 is 30.5 Å². The molecule has 0 saturated heterocycles. The zero-order chi connectivity index (χ0) is 55.2. The van der Waals surface area contributed by atoms with E-state index in [1.165, 1.54) is 20.7 Å². The molecule has 2 aliphatic rings. The Morgan fingerprint density at radius 2 is 0.840 bits per heavy atom. The molecule has 12 nitrogen and oxygen atoms in total. The molecule has 0 spiro atoms. The smallest absolute Gasteiger partial charge is 0.182 e. The van der Waals surface area contributed by atoms with Crippen molar-refractivity contribution in [2.75, 3.05) is 9.80 Å². The Labute approximate surface area is 472 Å². The van der Waals surface area contributed by atoms with E-state index in [4.69, 9.17) is 34.9 Å². The molecule has 6 aromatic carbocycles. The van der Waals surface area contributed by atoms with E-state index >= 15 is 0 Å². The number of pyridine rings is 3. The maximum absolute atomic E-state index is 5.28. The van der Waals surface area contributed by atoms with E-state index in [0.717, 1.165) is 67.5 Å². The topological polar surface area (TPSA) is 135 Å². The fourth-order valence-corrected chi connectivity index (χ4v) is 17.3. The number of allylic oxidation sites excluding steroid dienone is 3. The largest absolute Gasteiger partial charge is 0.311 e. The van der Waals surface area contributed by atoms with Crippen molar-refractivity contribution in [1.82, 2.24) is 44.9 Å². The number of aliphatic imine (C=N–C) groups is 1. The van der Waals surface area contributed by atoms with Crippen molar-refractivity contribution >= 4 is 83.4 Å². The molecule has 0 unspecified atom stereocenters. The van der Waals surface area contributed by atoms with Gasteiger partial charge in [0.25, 0.3) is 0 Å². The molecule has 0 fully saturated rings. The van der Waals surface area contributed by atoms with Crippen LogP contribution in [0.5, 0.6) is 0 Å². The van der Waals surface area contributed by atoms with Crippen LogP contribution in [0.4, 0.5) is 34.1 Å². The lowest BCUT2D eigenvalue weighted by Gasteiger charge is -2.41. The zero-order valence-corrected chi connectivity index (χ0v) is 47.4. The molecule has 0 radical (unpaired) electrons. The molecule has 390 valence electrons. The van der Waals surface area contributed by atoms with Gasteiger partial charge >= 0.3 is 0 Å².